The number of rotatable bonds is 1. The maximum Gasteiger partial charge on any atom is 0.394 e. The van der Waals surface area contributed by atoms with Gasteiger partial charge in [-0.25, -0.2) is 0 Å². The second-order valence-corrected chi connectivity index (χ2v) is 4.31. The number of halogens is 3. The molecular formula is C10H17F3. The van der Waals surface area contributed by atoms with E-state index in [-0.39, 0.29) is 6.42 Å². The van der Waals surface area contributed by atoms with Crippen molar-refractivity contribution < 1.29 is 13.2 Å². The Morgan fingerprint density at radius 2 is 1.69 bits per heavy atom. The maximum absolute atomic E-state index is 12.7. The molecule has 0 atom stereocenters. The predicted octanol–water partition coefficient (Wildman–Crippen LogP) is 4.16. The molecule has 0 amide bonds. The Hall–Kier alpha value is -0.210. The number of hydrogen-bond donors (Lipinski definition) is 0. The molecule has 78 valence electrons. The summed E-state index contributed by atoms with van der Waals surface area (Å²) in [7, 11) is 0. The standard InChI is InChI=1S/C10H17F3/c1-3-9(10(11,12)13)6-4-8(2)5-7-9/h8H,3-7H2,1-2H3. The lowest BCUT2D eigenvalue weighted by Gasteiger charge is -2.40. The highest BCUT2D eigenvalue weighted by molar-refractivity contribution is 4.89. The fourth-order valence-corrected chi connectivity index (χ4v) is 2.15. The van der Waals surface area contributed by atoms with Gasteiger partial charge in [-0.05, 0) is 38.0 Å². The lowest BCUT2D eigenvalue weighted by atomic mass is 9.69. The van der Waals surface area contributed by atoms with Crippen LogP contribution in [-0.2, 0) is 0 Å². The van der Waals surface area contributed by atoms with E-state index >= 15 is 0 Å². The van der Waals surface area contributed by atoms with Crippen LogP contribution in [0.4, 0.5) is 13.2 Å². The van der Waals surface area contributed by atoms with Gasteiger partial charge < -0.3 is 0 Å². The summed E-state index contributed by atoms with van der Waals surface area (Å²) in [5, 5.41) is 0. The molecule has 0 aromatic carbocycles. The zero-order chi connectivity index (χ0) is 10.1. The summed E-state index contributed by atoms with van der Waals surface area (Å²) in [6.45, 7) is 3.69. The monoisotopic (exact) mass is 194 g/mol. The molecule has 0 radical (unpaired) electrons. The number of hydrogen-bond acceptors (Lipinski definition) is 0. The second kappa shape index (κ2) is 3.50. The average Bonchev–Trinajstić information content (AvgIpc) is 2.04. The first-order valence-electron chi connectivity index (χ1n) is 4.98. The van der Waals surface area contributed by atoms with Crippen molar-refractivity contribution in [1.82, 2.24) is 0 Å². The third-order valence-electron chi connectivity index (χ3n) is 3.51. The Bertz CT molecular complexity index is 163. The first kappa shape index (κ1) is 10.9. The van der Waals surface area contributed by atoms with Crippen LogP contribution < -0.4 is 0 Å². The Balaban J connectivity index is 2.72. The Morgan fingerprint density at radius 3 is 2.00 bits per heavy atom. The van der Waals surface area contributed by atoms with Gasteiger partial charge in [0.15, 0.2) is 0 Å². The first-order valence-corrected chi connectivity index (χ1v) is 4.98. The van der Waals surface area contributed by atoms with Crippen molar-refractivity contribution in [3.8, 4) is 0 Å². The van der Waals surface area contributed by atoms with Gasteiger partial charge in [-0.1, -0.05) is 13.8 Å². The SMILES string of the molecule is CCC1(C(F)(F)F)CCC(C)CC1. The molecule has 1 aliphatic carbocycles. The molecule has 0 aliphatic heterocycles. The normalized spacial score (nSPS) is 36.2. The summed E-state index contributed by atoms with van der Waals surface area (Å²) < 4.78 is 38.2. The fourth-order valence-electron chi connectivity index (χ4n) is 2.15. The van der Waals surface area contributed by atoms with Crippen LogP contribution in [-0.4, -0.2) is 6.18 Å². The molecule has 0 saturated heterocycles. The van der Waals surface area contributed by atoms with E-state index in [1.807, 2.05) is 6.92 Å². The topological polar surface area (TPSA) is 0 Å². The molecule has 0 bridgehead atoms. The Morgan fingerprint density at radius 1 is 1.23 bits per heavy atom. The van der Waals surface area contributed by atoms with E-state index in [9.17, 15) is 13.2 Å². The summed E-state index contributed by atoms with van der Waals surface area (Å²) in [5.74, 6) is 0.474. The smallest absolute Gasteiger partial charge is 0.171 e. The first-order chi connectivity index (χ1) is 5.91. The Labute approximate surface area is 77.5 Å². The van der Waals surface area contributed by atoms with E-state index < -0.39 is 11.6 Å². The van der Waals surface area contributed by atoms with Gasteiger partial charge in [0.1, 0.15) is 0 Å². The van der Waals surface area contributed by atoms with Crippen molar-refractivity contribution in [2.45, 2.75) is 52.1 Å². The minimum atomic E-state index is -4.00. The molecule has 0 heterocycles. The highest BCUT2D eigenvalue weighted by Gasteiger charge is 2.53. The van der Waals surface area contributed by atoms with Crippen molar-refractivity contribution in [3.05, 3.63) is 0 Å². The summed E-state index contributed by atoms with van der Waals surface area (Å²) in [6.07, 6.45) is -1.64. The molecule has 0 unspecified atom stereocenters. The molecule has 1 saturated carbocycles. The zero-order valence-corrected chi connectivity index (χ0v) is 8.25. The highest BCUT2D eigenvalue weighted by atomic mass is 19.4. The van der Waals surface area contributed by atoms with Crippen molar-refractivity contribution in [2.75, 3.05) is 0 Å². The quantitative estimate of drug-likeness (QED) is 0.588. The number of alkyl halides is 3. The summed E-state index contributed by atoms with van der Waals surface area (Å²) in [6, 6.07) is 0. The van der Waals surface area contributed by atoms with Crippen molar-refractivity contribution in [3.63, 3.8) is 0 Å². The van der Waals surface area contributed by atoms with Gasteiger partial charge in [-0.3, -0.25) is 0 Å². The van der Waals surface area contributed by atoms with Gasteiger partial charge >= 0.3 is 6.18 Å². The average molecular weight is 194 g/mol. The molecule has 1 aliphatic rings. The van der Waals surface area contributed by atoms with E-state index in [1.54, 1.807) is 6.92 Å². The molecule has 1 rings (SSSR count). The van der Waals surface area contributed by atoms with E-state index in [2.05, 4.69) is 0 Å². The Kier molecular flexibility index (Phi) is 2.93. The molecule has 3 heteroatoms. The molecule has 13 heavy (non-hydrogen) atoms. The zero-order valence-electron chi connectivity index (χ0n) is 8.25. The van der Waals surface area contributed by atoms with Crippen LogP contribution in [0.3, 0.4) is 0 Å². The molecular weight excluding hydrogens is 177 g/mol. The van der Waals surface area contributed by atoms with E-state index in [1.165, 1.54) is 0 Å². The maximum atomic E-state index is 12.7. The largest absolute Gasteiger partial charge is 0.394 e. The fraction of sp³-hybridized carbons (Fsp3) is 1.00. The minimum absolute atomic E-state index is 0.239. The molecule has 0 spiro atoms. The van der Waals surface area contributed by atoms with Crippen LogP contribution in [0.5, 0.6) is 0 Å². The third kappa shape index (κ3) is 2.00. The lowest BCUT2D eigenvalue weighted by molar-refractivity contribution is -0.237. The molecule has 0 N–H and O–H groups in total. The van der Waals surface area contributed by atoms with Crippen LogP contribution in [0, 0.1) is 11.3 Å². The van der Waals surface area contributed by atoms with Crippen LogP contribution in [0.2, 0.25) is 0 Å². The predicted molar refractivity (Wildman–Crippen MR) is 46.4 cm³/mol. The van der Waals surface area contributed by atoms with Crippen molar-refractivity contribution in [1.29, 1.82) is 0 Å². The van der Waals surface area contributed by atoms with Crippen molar-refractivity contribution in [2.24, 2.45) is 11.3 Å². The van der Waals surface area contributed by atoms with Crippen LogP contribution in [0.15, 0.2) is 0 Å². The second-order valence-electron chi connectivity index (χ2n) is 4.31. The molecule has 1 fully saturated rings. The lowest BCUT2D eigenvalue weighted by Crippen LogP contribution is -2.40. The van der Waals surface area contributed by atoms with Crippen LogP contribution >= 0.6 is 0 Å². The third-order valence-corrected chi connectivity index (χ3v) is 3.51. The molecule has 0 nitrogen and oxygen atoms in total. The summed E-state index contributed by atoms with van der Waals surface area (Å²) in [4.78, 5) is 0. The van der Waals surface area contributed by atoms with Crippen LogP contribution in [0.25, 0.3) is 0 Å². The van der Waals surface area contributed by atoms with Crippen LogP contribution in [0.1, 0.15) is 46.0 Å². The van der Waals surface area contributed by atoms with Gasteiger partial charge in [0.25, 0.3) is 0 Å². The van der Waals surface area contributed by atoms with Gasteiger partial charge in [-0.15, -0.1) is 0 Å². The van der Waals surface area contributed by atoms with Gasteiger partial charge in [0.05, 0.1) is 5.41 Å². The van der Waals surface area contributed by atoms with E-state index in [4.69, 9.17) is 0 Å². The summed E-state index contributed by atoms with van der Waals surface area (Å²) >= 11 is 0. The van der Waals surface area contributed by atoms with E-state index in [0.717, 1.165) is 12.8 Å². The van der Waals surface area contributed by atoms with Gasteiger partial charge in [-0.2, -0.15) is 13.2 Å². The van der Waals surface area contributed by atoms with Gasteiger partial charge in [0, 0.05) is 0 Å². The van der Waals surface area contributed by atoms with E-state index in [0.29, 0.717) is 18.8 Å². The molecule has 0 aromatic heterocycles. The highest BCUT2D eigenvalue weighted by Crippen LogP contribution is 2.52. The minimum Gasteiger partial charge on any atom is -0.171 e. The van der Waals surface area contributed by atoms with Crippen molar-refractivity contribution >= 4 is 0 Å². The van der Waals surface area contributed by atoms with Gasteiger partial charge in [0.2, 0.25) is 0 Å². The molecule has 0 aromatic rings. The summed E-state index contributed by atoms with van der Waals surface area (Å²) in [5.41, 5.74) is -1.36.